The van der Waals surface area contributed by atoms with Gasteiger partial charge in [0.25, 0.3) is 0 Å². The second kappa shape index (κ2) is 7.80. The van der Waals surface area contributed by atoms with Crippen LogP contribution in [0.5, 0.6) is 0 Å². The van der Waals surface area contributed by atoms with E-state index < -0.39 is 0 Å². The molecule has 3 aromatic rings. The molecule has 1 amide bonds. The minimum absolute atomic E-state index is 0.0212. The third kappa shape index (κ3) is 3.95. The number of nitrogens with one attached hydrogen (secondary N) is 2. The lowest BCUT2D eigenvalue weighted by molar-refractivity contribution is -0.120. The molecule has 2 N–H and O–H groups in total. The first kappa shape index (κ1) is 17.5. The minimum Gasteiger partial charge on any atom is -0.361 e. The van der Waals surface area contributed by atoms with Crippen LogP contribution < -0.4 is 10.2 Å². The largest absolute Gasteiger partial charge is 0.361 e. The van der Waals surface area contributed by atoms with Crippen molar-refractivity contribution in [3.8, 4) is 0 Å². The number of amides is 1. The Bertz CT molecular complexity index is 927. The lowest BCUT2D eigenvalue weighted by Crippen LogP contribution is -2.45. The van der Waals surface area contributed by atoms with Crippen LogP contribution >= 0.6 is 0 Å². The van der Waals surface area contributed by atoms with E-state index in [1.165, 1.54) is 0 Å². The van der Waals surface area contributed by atoms with Crippen LogP contribution in [0.3, 0.4) is 0 Å². The molecule has 0 aliphatic carbocycles. The molecule has 1 saturated heterocycles. The van der Waals surface area contributed by atoms with Gasteiger partial charge in [-0.2, -0.15) is 0 Å². The molecular formula is C21H25N5O. The predicted molar refractivity (Wildman–Crippen MR) is 108 cm³/mol. The smallest absolute Gasteiger partial charge is 0.224 e. The van der Waals surface area contributed by atoms with Gasteiger partial charge in [0.15, 0.2) is 0 Å². The average molecular weight is 363 g/mol. The average Bonchev–Trinajstić information content (AvgIpc) is 3.10. The maximum absolute atomic E-state index is 12.5. The van der Waals surface area contributed by atoms with Gasteiger partial charge in [-0.05, 0) is 24.7 Å². The Balaban J connectivity index is 1.40. The van der Waals surface area contributed by atoms with Gasteiger partial charge in [0.1, 0.15) is 5.82 Å². The normalized spacial score (nSPS) is 15.2. The van der Waals surface area contributed by atoms with E-state index in [0.29, 0.717) is 13.0 Å². The second-order valence-corrected chi connectivity index (χ2v) is 7.09. The van der Waals surface area contributed by atoms with E-state index in [1.54, 1.807) is 0 Å². The summed E-state index contributed by atoms with van der Waals surface area (Å²) in [6.45, 7) is 4.48. The zero-order valence-electron chi connectivity index (χ0n) is 15.6. The molecule has 6 heteroatoms. The number of fused-ring (bicyclic) bond motifs is 1. The highest BCUT2D eigenvalue weighted by molar-refractivity contribution is 5.88. The topological polar surface area (TPSA) is 64.3 Å². The summed E-state index contributed by atoms with van der Waals surface area (Å²) in [4.78, 5) is 24.9. The molecule has 2 aromatic heterocycles. The Hall–Kier alpha value is -2.86. The molecule has 1 aliphatic rings. The lowest BCUT2D eigenvalue weighted by atomic mass is 10.1. The molecule has 1 aliphatic heterocycles. The van der Waals surface area contributed by atoms with E-state index >= 15 is 0 Å². The van der Waals surface area contributed by atoms with Crippen molar-refractivity contribution in [1.82, 2.24) is 20.2 Å². The lowest BCUT2D eigenvalue weighted by Gasteiger charge is -2.34. The molecule has 6 nitrogen and oxygen atoms in total. The number of carbonyl (C=O) groups is 1. The molecule has 140 valence electrons. The number of piperazine rings is 1. The van der Waals surface area contributed by atoms with Gasteiger partial charge in [-0.1, -0.05) is 24.3 Å². The number of para-hydroxylation sites is 1. The molecule has 27 heavy (non-hydrogen) atoms. The third-order valence-corrected chi connectivity index (χ3v) is 5.17. The van der Waals surface area contributed by atoms with Gasteiger partial charge in [-0.25, -0.2) is 4.98 Å². The summed E-state index contributed by atoms with van der Waals surface area (Å²) in [5.41, 5.74) is 3.15. The number of aromatic nitrogens is 2. The van der Waals surface area contributed by atoms with Crippen molar-refractivity contribution >= 4 is 22.6 Å². The summed E-state index contributed by atoms with van der Waals surface area (Å²) in [7, 11) is 2.14. The van der Waals surface area contributed by atoms with Crippen molar-refractivity contribution in [3.63, 3.8) is 0 Å². The number of aromatic amines is 1. The summed E-state index contributed by atoms with van der Waals surface area (Å²) in [6.07, 6.45) is 4.11. The number of rotatable bonds is 5. The second-order valence-electron chi connectivity index (χ2n) is 7.09. The van der Waals surface area contributed by atoms with Gasteiger partial charge < -0.3 is 20.1 Å². The summed E-state index contributed by atoms with van der Waals surface area (Å²) >= 11 is 0. The molecule has 4 rings (SSSR count). The molecular weight excluding hydrogens is 338 g/mol. The van der Waals surface area contributed by atoms with Crippen LogP contribution in [0.25, 0.3) is 10.9 Å². The molecule has 0 spiro atoms. The van der Waals surface area contributed by atoms with Gasteiger partial charge in [-0.3, -0.25) is 4.79 Å². The standard InChI is InChI=1S/C21H25N5O/c1-25-9-11-26(12-10-25)21-16(5-4-8-22-21)14-24-20(27)13-17-15-23-19-7-3-2-6-18(17)19/h2-8,15,23H,9-14H2,1H3,(H,24,27). The van der Waals surface area contributed by atoms with Gasteiger partial charge in [0.2, 0.25) is 5.91 Å². The van der Waals surface area contributed by atoms with Crippen molar-refractivity contribution in [3.05, 3.63) is 59.9 Å². The Kier molecular flexibility index (Phi) is 5.07. The van der Waals surface area contributed by atoms with Crippen molar-refractivity contribution < 1.29 is 4.79 Å². The van der Waals surface area contributed by atoms with Crippen LogP contribution in [0.2, 0.25) is 0 Å². The number of benzene rings is 1. The van der Waals surface area contributed by atoms with Crippen LogP contribution in [-0.2, 0) is 17.8 Å². The molecule has 0 radical (unpaired) electrons. The highest BCUT2D eigenvalue weighted by Crippen LogP contribution is 2.20. The molecule has 0 unspecified atom stereocenters. The Morgan fingerprint density at radius 2 is 1.93 bits per heavy atom. The van der Waals surface area contributed by atoms with E-state index in [-0.39, 0.29) is 5.91 Å². The van der Waals surface area contributed by atoms with E-state index in [9.17, 15) is 4.79 Å². The number of pyridine rings is 1. The van der Waals surface area contributed by atoms with Crippen LogP contribution in [0.1, 0.15) is 11.1 Å². The fourth-order valence-corrected chi connectivity index (χ4v) is 3.58. The first-order chi connectivity index (χ1) is 13.2. The molecule has 0 bridgehead atoms. The summed E-state index contributed by atoms with van der Waals surface area (Å²) in [5, 5.41) is 4.16. The van der Waals surface area contributed by atoms with Crippen LogP contribution in [-0.4, -0.2) is 54.0 Å². The number of H-pyrrole nitrogens is 1. The highest BCUT2D eigenvalue weighted by atomic mass is 16.1. The number of hydrogen-bond donors (Lipinski definition) is 2. The monoisotopic (exact) mass is 363 g/mol. The van der Waals surface area contributed by atoms with Crippen LogP contribution in [0.4, 0.5) is 5.82 Å². The fraction of sp³-hybridized carbons (Fsp3) is 0.333. The van der Waals surface area contributed by atoms with Crippen molar-refractivity contribution in [1.29, 1.82) is 0 Å². The Morgan fingerprint density at radius 3 is 2.78 bits per heavy atom. The summed E-state index contributed by atoms with van der Waals surface area (Å²) < 4.78 is 0. The van der Waals surface area contributed by atoms with E-state index in [0.717, 1.165) is 54.0 Å². The summed E-state index contributed by atoms with van der Waals surface area (Å²) in [6, 6.07) is 12.0. The van der Waals surface area contributed by atoms with Crippen molar-refractivity contribution in [2.24, 2.45) is 0 Å². The number of likely N-dealkylation sites (N-methyl/N-ethyl adjacent to an activating group) is 1. The number of hydrogen-bond acceptors (Lipinski definition) is 4. The molecule has 3 heterocycles. The van der Waals surface area contributed by atoms with Crippen molar-refractivity contribution in [2.45, 2.75) is 13.0 Å². The first-order valence-corrected chi connectivity index (χ1v) is 9.40. The zero-order chi connectivity index (χ0) is 18.6. The number of nitrogens with zero attached hydrogens (tertiary/aromatic N) is 3. The van der Waals surface area contributed by atoms with Crippen LogP contribution in [0, 0.1) is 0 Å². The molecule has 1 aromatic carbocycles. The Morgan fingerprint density at radius 1 is 1.11 bits per heavy atom. The molecule has 0 saturated carbocycles. The molecule has 1 fully saturated rings. The quantitative estimate of drug-likeness (QED) is 0.729. The van der Waals surface area contributed by atoms with Gasteiger partial charge >= 0.3 is 0 Å². The number of anilines is 1. The van der Waals surface area contributed by atoms with Crippen LogP contribution in [0.15, 0.2) is 48.8 Å². The molecule has 0 atom stereocenters. The highest BCUT2D eigenvalue weighted by Gasteiger charge is 2.18. The SMILES string of the molecule is CN1CCN(c2ncccc2CNC(=O)Cc2c[nH]c3ccccc23)CC1. The first-order valence-electron chi connectivity index (χ1n) is 9.40. The van der Waals surface area contributed by atoms with E-state index in [1.807, 2.05) is 48.8 Å². The maximum Gasteiger partial charge on any atom is 0.224 e. The zero-order valence-corrected chi connectivity index (χ0v) is 15.6. The Labute approximate surface area is 159 Å². The van der Waals surface area contributed by atoms with E-state index in [2.05, 4.69) is 32.1 Å². The predicted octanol–water partition coefficient (Wildman–Crippen LogP) is 2.17. The summed E-state index contributed by atoms with van der Waals surface area (Å²) in [5.74, 6) is 1.01. The maximum atomic E-state index is 12.5. The minimum atomic E-state index is 0.0212. The van der Waals surface area contributed by atoms with Gasteiger partial charge in [0, 0.05) is 61.6 Å². The number of carbonyl (C=O) groups excluding carboxylic acids is 1. The van der Waals surface area contributed by atoms with Gasteiger partial charge in [0.05, 0.1) is 6.42 Å². The fourth-order valence-electron chi connectivity index (χ4n) is 3.58. The van der Waals surface area contributed by atoms with E-state index in [4.69, 9.17) is 0 Å². The van der Waals surface area contributed by atoms with Gasteiger partial charge in [-0.15, -0.1) is 0 Å². The van der Waals surface area contributed by atoms with Crippen molar-refractivity contribution in [2.75, 3.05) is 38.1 Å². The third-order valence-electron chi connectivity index (χ3n) is 5.17.